The van der Waals surface area contributed by atoms with Crippen molar-refractivity contribution in [1.82, 2.24) is 10.2 Å². The zero-order valence-corrected chi connectivity index (χ0v) is 20.2. The average Bonchev–Trinajstić information content (AvgIpc) is 2.86. The van der Waals surface area contributed by atoms with E-state index in [0.717, 1.165) is 24.2 Å². The van der Waals surface area contributed by atoms with Gasteiger partial charge in [-0.05, 0) is 54.3 Å². The van der Waals surface area contributed by atoms with Crippen LogP contribution in [0.15, 0.2) is 42.0 Å². The van der Waals surface area contributed by atoms with Crippen LogP contribution in [-0.4, -0.2) is 40.8 Å². The molecule has 1 aliphatic carbocycles. The number of hydrogen-bond acceptors (Lipinski definition) is 7. The zero-order valence-electron chi connectivity index (χ0n) is 19.5. The molecular formula is C25H24ClN3O7. The molecule has 36 heavy (non-hydrogen) atoms. The highest BCUT2D eigenvalue weighted by Crippen LogP contribution is 2.38. The highest BCUT2D eigenvalue weighted by atomic mass is 35.5. The van der Waals surface area contributed by atoms with Crippen LogP contribution >= 0.6 is 11.6 Å². The summed E-state index contributed by atoms with van der Waals surface area (Å²) in [6.45, 7) is 0.0772. The van der Waals surface area contributed by atoms with Gasteiger partial charge in [0.05, 0.1) is 17.1 Å². The van der Waals surface area contributed by atoms with Crippen LogP contribution in [0.4, 0.5) is 10.5 Å². The molecule has 1 N–H and O–H groups in total. The van der Waals surface area contributed by atoms with Crippen LogP contribution in [0.5, 0.6) is 11.5 Å². The lowest BCUT2D eigenvalue weighted by Crippen LogP contribution is -2.58. The summed E-state index contributed by atoms with van der Waals surface area (Å²) in [4.78, 5) is 49.5. The number of rotatable bonds is 7. The maximum absolute atomic E-state index is 13.1. The topological polar surface area (TPSA) is 128 Å². The van der Waals surface area contributed by atoms with Gasteiger partial charge in [-0.25, -0.2) is 4.79 Å². The van der Waals surface area contributed by atoms with Crippen molar-refractivity contribution < 1.29 is 28.8 Å². The number of urea groups is 1. The van der Waals surface area contributed by atoms with Gasteiger partial charge in [0.15, 0.2) is 11.5 Å². The molecule has 1 aliphatic heterocycles. The van der Waals surface area contributed by atoms with Crippen molar-refractivity contribution in [1.29, 1.82) is 0 Å². The minimum atomic E-state index is -0.773. The number of methoxy groups -OCH3 is 1. The van der Waals surface area contributed by atoms with Gasteiger partial charge in [-0.1, -0.05) is 30.9 Å². The Morgan fingerprint density at radius 1 is 1.14 bits per heavy atom. The van der Waals surface area contributed by atoms with Gasteiger partial charge in [0.1, 0.15) is 12.2 Å². The first-order chi connectivity index (χ1) is 17.3. The first-order valence-corrected chi connectivity index (χ1v) is 11.8. The van der Waals surface area contributed by atoms with E-state index < -0.39 is 22.8 Å². The maximum Gasteiger partial charge on any atom is 0.331 e. The number of nitro groups is 1. The Kier molecular flexibility index (Phi) is 7.54. The molecule has 1 saturated heterocycles. The number of ether oxygens (including phenoxy) is 2. The number of nitro benzene ring substituents is 1. The third kappa shape index (κ3) is 5.33. The van der Waals surface area contributed by atoms with Crippen molar-refractivity contribution in [3.05, 3.63) is 68.2 Å². The molecule has 1 heterocycles. The standard InChI is InChI=1S/C25H24ClN3O7/c1-35-21-13-16(12-20(26)22(21)36-14-15-7-9-18(10-8-15)29(33)34)11-19-23(30)27-25(32)28(24(19)31)17-5-3-2-4-6-17/h7-13,17H,2-6,14H2,1H3,(H,27,30,32). The number of hydrogen-bond donors (Lipinski definition) is 1. The molecule has 1 saturated carbocycles. The number of nitrogens with zero attached hydrogens (tertiary/aromatic N) is 2. The molecule has 2 aromatic rings. The second-order valence-corrected chi connectivity index (χ2v) is 8.94. The van der Waals surface area contributed by atoms with E-state index >= 15 is 0 Å². The summed E-state index contributed by atoms with van der Waals surface area (Å²) >= 11 is 6.44. The normalized spacial score (nSPS) is 17.8. The molecule has 2 aliphatic rings. The first-order valence-electron chi connectivity index (χ1n) is 11.4. The maximum atomic E-state index is 13.1. The minimum Gasteiger partial charge on any atom is -0.493 e. The second kappa shape index (κ2) is 10.8. The van der Waals surface area contributed by atoms with Crippen LogP contribution in [-0.2, 0) is 16.2 Å². The van der Waals surface area contributed by atoms with E-state index in [1.165, 1.54) is 31.4 Å². The van der Waals surface area contributed by atoms with E-state index in [1.54, 1.807) is 18.2 Å². The van der Waals surface area contributed by atoms with Crippen LogP contribution in [0.2, 0.25) is 5.02 Å². The number of carbonyl (C=O) groups excluding carboxylic acids is 3. The predicted octanol–water partition coefficient (Wildman–Crippen LogP) is 4.63. The Bertz CT molecular complexity index is 1240. The molecule has 2 fully saturated rings. The van der Waals surface area contributed by atoms with Crippen molar-refractivity contribution in [2.45, 2.75) is 44.8 Å². The fourth-order valence-electron chi connectivity index (χ4n) is 4.34. The van der Waals surface area contributed by atoms with E-state index in [-0.39, 0.29) is 40.4 Å². The van der Waals surface area contributed by atoms with Crippen molar-refractivity contribution in [3.8, 4) is 11.5 Å². The first kappa shape index (κ1) is 25.2. The van der Waals surface area contributed by atoms with Crippen molar-refractivity contribution in [3.63, 3.8) is 0 Å². The summed E-state index contributed by atoms with van der Waals surface area (Å²) in [7, 11) is 1.42. The van der Waals surface area contributed by atoms with Gasteiger partial charge >= 0.3 is 6.03 Å². The number of imide groups is 2. The van der Waals surface area contributed by atoms with E-state index in [4.69, 9.17) is 21.1 Å². The summed E-state index contributed by atoms with van der Waals surface area (Å²) in [6.07, 6.45) is 5.68. The van der Waals surface area contributed by atoms with Crippen LogP contribution in [0.3, 0.4) is 0 Å². The zero-order chi connectivity index (χ0) is 25.8. The quantitative estimate of drug-likeness (QED) is 0.247. The highest BCUT2D eigenvalue weighted by Gasteiger charge is 2.40. The van der Waals surface area contributed by atoms with Crippen molar-refractivity contribution >= 4 is 41.2 Å². The fourth-order valence-corrected chi connectivity index (χ4v) is 4.61. The minimum absolute atomic E-state index is 0.0307. The number of carbonyl (C=O) groups is 3. The molecule has 0 unspecified atom stereocenters. The number of non-ortho nitro benzene ring substituents is 1. The van der Waals surface area contributed by atoms with Gasteiger partial charge in [-0.3, -0.25) is 29.9 Å². The van der Waals surface area contributed by atoms with Gasteiger partial charge in [-0.2, -0.15) is 0 Å². The molecule has 0 radical (unpaired) electrons. The smallest absolute Gasteiger partial charge is 0.331 e. The van der Waals surface area contributed by atoms with Crippen molar-refractivity contribution in [2.75, 3.05) is 7.11 Å². The number of nitrogens with one attached hydrogen (secondary N) is 1. The third-order valence-corrected chi connectivity index (χ3v) is 6.45. The van der Waals surface area contributed by atoms with Crippen LogP contribution in [0.1, 0.15) is 43.2 Å². The number of benzene rings is 2. The largest absolute Gasteiger partial charge is 0.493 e. The van der Waals surface area contributed by atoms with Gasteiger partial charge in [0, 0.05) is 18.2 Å². The molecule has 0 spiro atoms. The van der Waals surface area contributed by atoms with Crippen LogP contribution < -0.4 is 14.8 Å². The lowest BCUT2D eigenvalue weighted by Gasteiger charge is -2.35. The monoisotopic (exact) mass is 513 g/mol. The average molecular weight is 514 g/mol. The number of amides is 4. The van der Waals surface area contributed by atoms with E-state index in [2.05, 4.69) is 5.32 Å². The Labute approximate surface area is 212 Å². The summed E-state index contributed by atoms with van der Waals surface area (Å²) < 4.78 is 11.2. The molecule has 0 aromatic heterocycles. The van der Waals surface area contributed by atoms with Gasteiger partial charge in [-0.15, -0.1) is 0 Å². The molecule has 0 atom stereocenters. The summed E-state index contributed by atoms with van der Waals surface area (Å²) in [5.41, 5.74) is 0.896. The van der Waals surface area contributed by atoms with Gasteiger partial charge in [0.25, 0.3) is 17.5 Å². The van der Waals surface area contributed by atoms with Crippen LogP contribution in [0, 0.1) is 10.1 Å². The van der Waals surface area contributed by atoms with Crippen molar-refractivity contribution in [2.24, 2.45) is 0 Å². The summed E-state index contributed by atoms with van der Waals surface area (Å²) in [5.74, 6) is -0.909. The molecule has 0 bridgehead atoms. The lowest BCUT2D eigenvalue weighted by atomic mass is 9.93. The second-order valence-electron chi connectivity index (χ2n) is 8.53. The Balaban J connectivity index is 1.56. The fraction of sp³-hybridized carbons (Fsp3) is 0.320. The number of halogens is 1. The Morgan fingerprint density at radius 2 is 1.83 bits per heavy atom. The van der Waals surface area contributed by atoms with Crippen LogP contribution in [0.25, 0.3) is 6.08 Å². The molecule has 11 heteroatoms. The number of barbiturate groups is 1. The van der Waals surface area contributed by atoms with E-state index in [0.29, 0.717) is 24.0 Å². The molecule has 4 amide bonds. The SMILES string of the molecule is COc1cc(C=C2C(=O)NC(=O)N(C3CCCCC3)C2=O)cc(Cl)c1OCc1ccc([N+](=O)[O-])cc1. The van der Waals surface area contributed by atoms with E-state index in [9.17, 15) is 24.5 Å². The van der Waals surface area contributed by atoms with Gasteiger partial charge < -0.3 is 9.47 Å². The summed E-state index contributed by atoms with van der Waals surface area (Å²) in [5, 5.41) is 13.3. The molecular weight excluding hydrogens is 490 g/mol. The predicted molar refractivity (Wildman–Crippen MR) is 131 cm³/mol. The Morgan fingerprint density at radius 3 is 2.47 bits per heavy atom. The Hall–Kier alpha value is -3.92. The lowest BCUT2D eigenvalue weighted by molar-refractivity contribution is -0.384. The molecule has 10 nitrogen and oxygen atoms in total. The van der Waals surface area contributed by atoms with E-state index in [1.807, 2.05) is 0 Å². The summed E-state index contributed by atoms with van der Waals surface area (Å²) in [6, 6.07) is 8.04. The molecule has 188 valence electrons. The highest BCUT2D eigenvalue weighted by molar-refractivity contribution is 6.33. The molecule has 2 aromatic carbocycles. The third-order valence-electron chi connectivity index (χ3n) is 6.17. The van der Waals surface area contributed by atoms with Gasteiger partial charge in [0.2, 0.25) is 0 Å². The molecule has 4 rings (SSSR count).